The van der Waals surface area contributed by atoms with Crippen LogP contribution in [0.15, 0.2) is 24.1 Å². The Morgan fingerprint density at radius 1 is 1.16 bits per heavy atom. The van der Waals surface area contributed by atoms with Gasteiger partial charge < -0.3 is 4.42 Å². The second kappa shape index (κ2) is 5.47. The van der Waals surface area contributed by atoms with E-state index in [4.69, 9.17) is 16.0 Å². The molecule has 0 radical (unpaired) electrons. The topological polar surface area (TPSA) is 38.9 Å². The Morgan fingerprint density at radius 3 is 2.26 bits per heavy atom. The highest BCUT2D eigenvalue weighted by Crippen LogP contribution is 2.36. The van der Waals surface area contributed by atoms with Crippen molar-refractivity contribution >= 4 is 59.4 Å². The molecule has 0 aliphatic rings. The Morgan fingerprint density at radius 2 is 1.79 bits per heavy atom. The van der Waals surface area contributed by atoms with Gasteiger partial charge in [-0.1, -0.05) is 32.4 Å². The molecule has 19 heavy (non-hydrogen) atoms. The highest BCUT2D eigenvalue weighted by Gasteiger charge is 2.24. The van der Waals surface area contributed by atoms with Gasteiger partial charge in [-0.3, -0.25) is 0 Å². The van der Waals surface area contributed by atoms with E-state index in [-0.39, 0.29) is 5.41 Å². The molecule has 2 rings (SSSR count). The van der Waals surface area contributed by atoms with Crippen LogP contribution < -0.4 is 0 Å². The van der Waals surface area contributed by atoms with Crippen molar-refractivity contribution in [2.45, 2.75) is 26.2 Å². The predicted octanol–water partition coefficient (Wildman–Crippen LogP) is 5.98. The Labute approximate surface area is 141 Å². The molecule has 0 unspecified atom stereocenters. The van der Waals surface area contributed by atoms with Gasteiger partial charge >= 0.3 is 0 Å². The Bertz CT molecular complexity index is 615. The molecule has 0 amide bonds. The van der Waals surface area contributed by atoms with E-state index in [2.05, 4.69) is 78.5 Å². The normalized spacial score (nSPS) is 11.9. The van der Waals surface area contributed by atoms with E-state index < -0.39 is 0 Å². The van der Waals surface area contributed by atoms with Crippen LogP contribution in [0.25, 0.3) is 11.6 Å². The highest BCUT2D eigenvalue weighted by molar-refractivity contribution is 9.13. The minimum Gasteiger partial charge on any atom is -0.445 e. The molecule has 0 bridgehead atoms. The largest absolute Gasteiger partial charge is 0.445 e. The van der Waals surface area contributed by atoms with Crippen LogP contribution in [0.3, 0.4) is 0 Å². The number of aromatic nitrogens is 2. The van der Waals surface area contributed by atoms with E-state index in [1.54, 1.807) is 6.07 Å². The average molecular weight is 473 g/mol. The lowest BCUT2D eigenvalue weighted by Crippen LogP contribution is -2.16. The van der Waals surface area contributed by atoms with E-state index in [9.17, 15) is 0 Å². The molecule has 0 aromatic carbocycles. The van der Waals surface area contributed by atoms with E-state index in [1.165, 1.54) is 0 Å². The van der Waals surface area contributed by atoms with Crippen LogP contribution in [-0.4, -0.2) is 9.97 Å². The van der Waals surface area contributed by atoms with Crippen LogP contribution >= 0.6 is 59.4 Å². The second-order valence-electron chi connectivity index (χ2n) is 4.98. The summed E-state index contributed by atoms with van der Waals surface area (Å²) in [7, 11) is 0. The zero-order chi connectivity index (χ0) is 14.4. The van der Waals surface area contributed by atoms with Gasteiger partial charge in [0.25, 0.3) is 0 Å². The summed E-state index contributed by atoms with van der Waals surface area (Å²) in [5, 5.41) is 0.374. The van der Waals surface area contributed by atoms with Gasteiger partial charge in [0.1, 0.15) is 5.15 Å². The fourth-order valence-corrected chi connectivity index (χ4v) is 3.00. The molecular formula is C12H10Br3ClN2O. The van der Waals surface area contributed by atoms with Gasteiger partial charge in [-0.15, -0.1) is 0 Å². The molecule has 102 valence electrons. The maximum Gasteiger partial charge on any atom is 0.197 e. The summed E-state index contributed by atoms with van der Waals surface area (Å²) in [6.07, 6.45) is 0. The summed E-state index contributed by atoms with van der Waals surface area (Å²) >= 11 is 16.3. The number of hydrogen-bond donors (Lipinski definition) is 0. The summed E-state index contributed by atoms with van der Waals surface area (Å²) in [6, 6.07) is 1.80. The van der Waals surface area contributed by atoms with E-state index in [0.717, 1.165) is 14.6 Å². The van der Waals surface area contributed by atoms with Gasteiger partial charge in [0, 0.05) is 11.5 Å². The van der Waals surface area contributed by atoms with Crippen molar-refractivity contribution in [1.29, 1.82) is 0 Å². The maximum atomic E-state index is 6.16. The summed E-state index contributed by atoms with van der Waals surface area (Å²) in [5.41, 5.74) is 0.687. The van der Waals surface area contributed by atoms with Gasteiger partial charge in [-0.05, 0) is 47.8 Å². The first kappa shape index (κ1) is 15.5. The molecule has 2 aromatic heterocycles. The molecule has 7 heteroatoms. The molecule has 0 saturated heterocycles. The van der Waals surface area contributed by atoms with Gasteiger partial charge in [0.05, 0.1) is 14.6 Å². The van der Waals surface area contributed by atoms with Crippen molar-refractivity contribution < 1.29 is 4.42 Å². The van der Waals surface area contributed by atoms with E-state index >= 15 is 0 Å². The fourth-order valence-electron chi connectivity index (χ4n) is 1.48. The Balaban J connectivity index is 2.63. The maximum absolute atomic E-state index is 6.16. The molecule has 3 nitrogen and oxygen atoms in total. The number of halogens is 4. The summed E-state index contributed by atoms with van der Waals surface area (Å²) in [5.74, 6) is 1.02. The number of rotatable bonds is 1. The molecule has 0 fully saturated rings. The molecule has 0 atom stereocenters. The number of hydrogen-bond acceptors (Lipinski definition) is 3. The SMILES string of the molecule is CC(C)(C)c1nc(-c2cc(Br)c(Br)o2)nc(Cl)c1Br. The molecule has 0 saturated carbocycles. The van der Waals surface area contributed by atoms with Crippen molar-refractivity contribution in [1.82, 2.24) is 9.97 Å². The summed E-state index contributed by atoms with van der Waals surface area (Å²) in [6.45, 7) is 6.19. The van der Waals surface area contributed by atoms with Crippen LogP contribution in [0.5, 0.6) is 0 Å². The van der Waals surface area contributed by atoms with Crippen LogP contribution in [-0.2, 0) is 5.41 Å². The molecule has 0 spiro atoms. The smallest absolute Gasteiger partial charge is 0.197 e. The quantitative estimate of drug-likeness (QED) is 0.479. The first-order valence-electron chi connectivity index (χ1n) is 5.39. The summed E-state index contributed by atoms with van der Waals surface area (Å²) in [4.78, 5) is 8.79. The zero-order valence-electron chi connectivity index (χ0n) is 10.4. The van der Waals surface area contributed by atoms with Crippen LogP contribution in [0.2, 0.25) is 5.15 Å². The lowest BCUT2D eigenvalue weighted by Gasteiger charge is -2.20. The number of furan rings is 1. The lowest BCUT2D eigenvalue weighted by molar-refractivity contribution is 0.540. The van der Waals surface area contributed by atoms with Crippen LogP contribution in [0, 0.1) is 0 Å². The van der Waals surface area contributed by atoms with Gasteiger partial charge in [-0.25, -0.2) is 9.97 Å². The lowest BCUT2D eigenvalue weighted by atomic mass is 9.92. The standard InChI is InChI=1S/C12H10Br3ClN2O/c1-12(2,3)8-7(14)10(16)18-11(17-8)6-4-5(13)9(15)19-6/h4H,1-3H3. The first-order valence-corrected chi connectivity index (χ1v) is 8.14. The van der Waals surface area contributed by atoms with Crippen molar-refractivity contribution in [2.75, 3.05) is 0 Å². The Hall–Kier alpha value is 0.0900. The average Bonchev–Trinajstić information content (AvgIpc) is 2.61. The zero-order valence-corrected chi connectivity index (χ0v) is 15.9. The van der Waals surface area contributed by atoms with Crippen molar-refractivity contribution in [3.05, 3.63) is 30.5 Å². The Kier molecular flexibility index (Phi) is 4.45. The minimum atomic E-state index is -0.152. The molecule has 2 heterocycles. The summed E-state index contributed by atoms with van der Waals surface area (Å²) < 4.78 is 7.66. The molecular weight excluding hydrogens is 463 g/mol. The third kappa shape index (κ3) is 3.23. The van der Waals surface area contributed by atoms with Gasteiger partial charge in [-0.2, -0.15) is 0 Å². The monoisotopic (exact) mass is 470 g/mol. The third-order valence-electron chi connectivity index (χ3n) is 2.39. The van der Waals surface area contributed by atoms with Crippen molar-refractivity contribution in [2.24, 2.45) is 0 Å². The van der Waals surface area contributed by atoms with Crippen LogP contribution in [0.4, 0.5) is 0 Å². The van der Waals surface area contributed by atoms with Crippen molar-refractivity contribution in [3.63, 3.8) is 0 Å². The van der Waals surface area contributed by atoms with Gasteiger partial charge in [0.2, 0.25) is 0 Å². The highest BCUT2D eigenvalue weighted by atomic mass is 79.9. The third-order valence-corrected chi connectivity index (χ3v) is 5.35. The molecule has 2 aromatic rings. The number of nitrogens with zero attached hydrogens (tertiary/aromatic N) is 2. The van der Waals surface area contributed by atoms with Crippen LogP contribution in [0.1, 0.15) is 26.5 Å². The molecule has 0 aliphatic heterocycles. The van der Waals surface area contributed by atoms with E-state index in [1.807, 2.05) is 0 Å². The minimum absolute atomic E-state index is 0.152. The predicted molar refractivity (Wildman–Crippen MR) is 86.5 cm³/mol. The molecule has 0 N–H and O–H groups in total. The first-order chi connectivity index (χ1) is 8.70. The van der Waals surface area contributed by atoms with Crippen molar-refractivity contribution in [3.8, 4) is 11.6 Å². The van der Waals surface area contributed by atoms with E-state index in [0.29, 0.717) is 21.4 Å². The van der Waals surface area contributed by atoms with Gasteiger partial charge in [0.15, 0.2) is 16.3 Å². The second-order valence-corrected chi connectivity index (χ2v) is 7.71. The molecule has 0 aliphatic carbocycles. The fraction of sp³-hybridized carbons (Fsp3) is 0.333.